The highest BCUT2D eigenvalue weighted by atomic mass is 16.5. The molecule has 0 bridgehead atoms. The van der Waals surface area contributed by atoms with Gasteiger partial charge in [-0.05, 0) is 69.9 Å². The van der Waals surface area contributed by atoms with Gasteiger partial charge in [0.15, 0.2) is 11.5 Å². The largest absolute Gasteiger partial charge is 0.493 e. The van der Waals surface area contributed by atoms with Crippen LogP contribution in [0.4, 0.5) is 0 Å². The van der Waals surface area contributed by atoms with Crippen LogP contribution in [0.5, 0.6) is 11.5 Å². The Labute approximate surface area is 196 Å². The molecule has 2 amide bonds. The van der Waals surface area contributed by atoms with Crippen molar-refractivity contribution in [1.29, 1.82) is 0 Å². The fraction of sp³-hybridized carbons (Fsp3) is 0.538. The molecule has 0 unspecified atom stereocenters. The van der Waals surface area contributed by atoms with E-state index in [4.69, 9.17) is 13.9 Å². The van der Waals surface area contributed by atoms with Crippen LogP contribution >= 0.6 is 0 Å². The zero-order valence-electron chi connectivity index (χ0n) is 20.4. The van der Waals surface area contributed by atoms with Crippen LogP contribution in [0.2, 0.25) is 0 Å². The number of ether oxygens (including phenoxy) is 2. The number of aryl methyl sites for hydroxylation is 1. The van der Waals surface area contributed by atoms with E-state index in [0.717, 1.165) is 36.3 Å². The van der Waals surface area contributed by atoms with Gasteiger partial charge >= 0.3 is 0 Å². The lowest BCUT2D eigenvalue weighted by Gasteiger charge is -2.35. The maximum atomic E-state index is 13.4. The number of furan rings is 1. The average molecular weight is 457 g/mol. The molecule has 3 rings (SSSR count). The van der Waals surface area contributed by atoms with Crippen LogP contribution in [0, 0.1) is 12.8 Å². The molecule has 1 aromatic carbocycles. The van der Waals surface area contributed by atoms with Crippen molar-refractivity contribution in [3.05, 3.63) is 47.4 Å². The summed E-state index contributed by atoms with van der Waals surface area (Å²) in [4.78, 5) is 29.8. The Morgan fingerprint density at radius 2 is 1.82 bits per heavy atom. The summed E-state index contributed by atoms with van der Waals surface area (Å²) in [6, 6.07) is 9.54. The molecule has 0 saturated heterocycles. The zero-order valence-corrected chi connectivity index (χ0v) is 20.4. The van der Waals surface area contributed by atoms with Gasteiger partial charge in [-0.1, -0.05) is 12.5 Å². The third kappa shape index (κ3) is 6.30. The topological polar surface area (TPSA) is 72.2 Å². The number of hydrogen-bond donors (Lipinski definition) is 0. The van der Waals surface area contributed by atoms with Gasteiger partial charge in [0.05, 0.1) is 27.3 Å². The molecule has 7 nitrogen and oxygen atoms in total. The number of benzene rings is 1. The van der Waals surface area contributed by atoms with Gasteiger partial charge in [-0.25, -0.2) is 0 Å². The Kier molecular flexibility index (Phi) is 8.42. The Balaban J connectivity index is 1.73. The summed E-state index contributed by atoms with van der Waals surface area (Å²) < 4.78 is 16.5. The van der Waals surface area contributed by atoms with Crippen LogP contribution in [0.1, 0.15) is 50.2 Å². The Bertz CT molecular complexity index is 948. The van der Waals surface area contributed by atoms with Gasteiger partial charge in [-0.3, -0.25) is 9.59 Å². The summed E-state index contributed by atoms with van der Waals surface area (Å²) in [5, 5.41) is 0. The highest BCUT2D eigenvalue weighted by Crippen LogP contribution is 2.29. The summed E-state index contributed by atoms with van der Waals surface area (Å²) >= 11 is 0. The first kappa shape index (κ1) is 24.7. The number of hydrogen-bond acceptors (Lipinski definition) is 5. The van der Waals surface area contributed by atoms with Gasteiger partial charge in [0.25, 0.3) is 0 Å². The predicted octanol–water partition coefficient (Wildman–Crippen LogP) is 4.21. The van der Waals surface area contributed by atoms with Crippen molar-refractivity contribution in [2.24, 2.45) is 5.92 Å². The molecule has 0 spiro atoms. The number of methoxy groups -OCH3 is 2. The summed E-state index contributed by atoms with van der Waals surface area (Å²) in [5.41, 5.74) is 1.03. The highest BCUT2D eigenvalue weighted by molar-refractivity contribution is 5.86. The van der Waals surface area contributed by atoms with Crippen LogP contribution in [0.15, 0.2) is 34.7 Å². The highest BCUT2D eigenvalue weighted by Gasteiger charge is 2.32. The Morgan fingerprint density at radius 1 is 1.09 bits per heavy atom. The monoisotopic (exact) mass is 456 g/mol. The standard InChI is InChI=1S/C26H36N2O5/c1-18(2)28(26(30)21-7-6-8-21)17-25(29)27(16-22-11-9-19(3)33-22)14-13-20-10-12-23(31-4)24(15-20)32-5/h9-12,15,18,21H,6-8,13-14,16-17H2,1-5H3. The zero-order chi connectivity index (χ0) is 24.0. The molecule has 2 aromatic rings. The fourth-order valence-electron chi connectivity index (χ4n) is 4.00. The number of carbonyl (C=O) groups is 2. The minimum Gasteiger partial charge on any atom is -0.493 e. The van der Waals surface area contributed by atoms with Crippen molar-refractivity contribution < 1.29 is 23.5 Å². The lowest BCUT2D eigenvalue weighted by atomic mass is 9.84. The van der Waals surface area contributed by atoms with Gasteiger partial charge in [-0.2, -0.15) is 0 Å². The molecular weight excluding hydrogens is 420 g/mol. The predicted molar refractivity (Wildman–Crippen MR) is 126 cm³/mol. The number of carbonyl (C=O) groups excluding carboxylic acids is 2. The van der Waals surface area contributed by atoms with E-state index in [0.29, 0.717) is 31.0 Å². The van der Waals surface area contributed by atoms with Crippen molar-refractivity contribution in [3.63, 3.8) is 0 Å². The van der Waals surface area contributed by atoms with Crippen molar-refractivity contribution >= 4 is 11.8 Å². The third-order valence-electron chi connectivity index (χ3n) is 6.28. The third-order valence-corrected chi connectivity index (χ3v) is 6.28. The average Bonchev–Trinajstić information content (AvgIpc) is 3.17. The minimum absolute atomic E-state index is 0.0272. The lowest BCUT2D eigenvalue weighted by Crippen LogP contribution is -2.49. The van der Waals surface area contributed by atoms with Crippen LogP contribution in [0.3, 0.4) is 0 Å². The van der Waals surface area contributed by atoms with E-state index < -0.39 is 0 Å². The number of amides is 2. The van der Waals surface area contributed by atoms with E-state index in [1.807, 2.05) is 51.1 Å². The molecular formula is C26H36N2O5. The van der Waals surface area contributed by atoms with Crippen molar-refractivity contribution in [1.82, 2.24) is 9.80 Å². The summed E-state index contributed by atoms with van der Waals surface area (Å²) in [6.07, 6.45) is 3.57. The molecule has 0 aliphatic heterocycles. The van der Waals surface area contributed by atoms with Gasteiger partial charge in [-0.15, -0.1) is 0 Å². The van der Waals surface area contributed by atoms with Gasteiger partial charge in [0.2, 0.25) is 11.8 Å². The van der Waals surface area contributed by atoms with E-state index in [-0.39, 0.29) is 30.3 Å². The smallest absolute Gasteiger partial charge is 0.242 e. The molecule has 1 heterocycles. The summed E-state index contributed by atoms with van der Waals surface area (Å²) in [5.74, 6) is 2.95. The maximum absolute atomic E-state index is 13.4. The van der Waals surface area contributed by atoms with Crippen LogP contribution in [-0.4, -0.2) is 55.0 Å². The fourth-order valence-corrected chi connectivity index (χ4v) is 4.00. The Morgan fingerprint density at radius 3 is 2.36 bits per heavy atom. The van der Waals surface area contributed by atoms with E-state index in [9.17, 15) is 9.59 Å². The normalized spacial score (nSPS) is 13.5. The van der Waals surface area contributed by atoms with Crippen LogP contribution < -0.4 is 9.47 Å². The molecule has 1 saturated carbocycles. The van der Waals surface area contributed by atoms with Gasteiger partial charge in [0.1, 0.15) is 11.5 Å². The SMILES string of the molecule is COc1ccc(CCN(Cc2ccc(C)o2)C(=O)CN(C(=O)C2CCC2)C(C)C)cc1OC. The molecule has 0 radical (unpaired) electrons. The maximum Gasteiger partial charge on any atom is 0.242 e. The van der Waals surface area contributed by atoms with E-state index in [1.54, 1.807) is 24.0 Å². The molecule has 1 aliphatic rings. The van der Waals surface area contributed by atoms with Crippen molar-refractivity contribution in [3.8, 4) is 11.5 Å². The van der Waals surface area contributed by atoms with E-state index in [1.165, 1.54) is 0 Å². The first-order chi connectivity index (χ1) is 15.8. The summed E-state index contributed by atoms with van der Waals surface area (Å²) in [7, 11) is 3.21. The minimum atomic E-state index is -0.0779. The Hall–Kier alpha value is -2.96. The van der Waals surface area contributed by atoms with E-state index >= 15 is 0 Å². The molecule has 1 aromatic heterocycles. The molecule has 180 valence electrons. The quantitative estimate of drug-likeness (QED) is 0.506. The second kappa shape index (κ2) is 11.3. The first-order valence-corrected chi connectivity index (χ1v) is 11.7. The molecule has 1 aliphatic carbocycles. The molecule has 0 atom stereocenters. The second-order valence-electron chi connectivity index (χ2n) is 8.95. The molecule has 7 heteroatoms. The number of nitrogens with zero attached hydrogens (tertiary/aromatic N) is 2. The van der Waals surface area contributed by atoms with Crippen molar-refractivity contribution in [2.75, 3.05) is 27.3 Å². The van der Waals surface area contributed by atoms with Crippen molar-refractivity contribution in [2.45, 2.75) is 59.0 Å². The van der Waals surface area contributed by atoms with E-state index in [2.05, 4.69) is 0 Å². The van der Waals surface area contributed by atoms with Crippen LogP contribution in [0.25, 0.3) is 0 Å². The second-order valence-corrected chi connectivity index (χ2v) is 8.95. The number of rotatable bonds is 11. The summed E-state index contributed by atoms with van der Waals surface area (Å²) in [6.45, 7) is 6.76. The van der Waals surface area contributed by atoms with Crippen LogP contribution in [-0.2, 0) is 22.6 Å². The molecule has 1 fully saturated rings. The van der Waals surface area contributed by atoms with Gasteiger partial charge in [0, 0.05) is 18.5 Å². The molecule has 0 N–H and O–H groups in total. The lowest BCUT2D eigenvalue weighted by molar-refractivity contribution is -0.146. The first-order valence-electron chi connectivity index (χ1n) is 11.7. The molecule has 33 heavy (non-hydrogen) atoms. The van der Waals surface area contributed by atoms with Gasteiger partial charge < -0.3 is 23.7 Å².